The molecular weight excluding hydrogens is 202 g/mol. The lowest BCUT2D eigenvalue weighted by Gasteiger charge is -2.05. The van der Waals surface area contributed by atoms with Crippen LogP contribution in [0.25, 0.3) is 0 Å². The van der Waals surface area contributed by atoms with Crippen LogP contribution in [0.15, 0.2) is 28.0 Å². The monoisotopic (exact) mass is 213 g/mol. The number of hydrogen-bond acceptors (Lipinski definition) is 3. The Labute approximate surface area is 85.6 Å². The summed E-state index contributed by atoms with van der Waals surface area (Å²) in [4.78, 5) is 22.4. The van der Waals surface area contributed by atoms with Gasteiger partial charge in [-0.1, -0.05) is 0 Å². The fourth-order valence-electron chi connectivity index (χ4n) is 0.858. The van der Waals surface area contributed by atoms with Crippen LogP contribution >= 0.6 is 11.8 Å². The second-order valence-corrected chi connectivity index (χ2v) is 4.32. The standard InChI is InChI=1S/C9H11NO3S/c1-6(9(12)13)14-7-3-4-10(2)8(11)5-7/h3-6H,1-2H3,(H,12,13). The van der Waals surface area contributed by atoms with E-state index in [1.165, 1.54) is 10.6 Å². The van der Waals surface area contributed by atoms with Gasteiger partial charge in [0, 0.05) is 24.2 Å². The minimum atomic E-state index is -0.879. The molecule has 0 aliphatic heterocycles. The number of carboxylic acids is 1. The molecule has 76 valence electrons. The predicted octanol–water partition coefficient (Wildman–Crippen LogP) is 0.950. The average molecular weight is 213 g/mol. The maximum atomic E-state index is 11.2. The number of rotatable bonds is 3. The molecule has 0 aliphatic rings. The highest BCUT2D eigenvalue weighted by Gasteiger charge is 2.12. The van der Waals surface area contributed by atoms with Crippen molar-refractivity contribution in [2.75, 3.05) is 0 Å². The molecule has 5 heteroatoms. The molecule has 1 rings (SSSR count). The van der Waals surface area contributed by atoms with E-state index in [0.717, 1.165) is 11.8 Å². The van der Waals surface area contributed by atoms with E-state index in [4.69, 9.17) is 5.11 Å². The summed E-state index contributed by atoms with van der Waals surface area (Å²) in [5, 5.41) is 8.12. The Kier molecular flexibility index (Phi) is 3.35. The van der Waals surface area contributed by atoms with E-state index < -0.39 is 11.2 Å². The van der Waals surface area contributed by atoms with E-state index in [0.29, 0.717) is 4.90 Å². The molecule has 14 heavy (non-hydrogen) atoms. The normalized spacial score (nSPS) is 12.4. The molecule has 1 aromatic rings. The lowest BCUT2D eigenvalue weighted by molar-refractivity contribution is -0.136. The third-order valence-electron chi connectivity index (χ3n) is 1.74. The van der Waals surface area contributed by atoms with Crippen LogP contribution in [-0.4, -0.2) is 20.9 Å². The SMILES string of the molecule is CC(Sc1ccn(C)c(=O)c1)C(=O)O. The highest BCUT2D eigenvalue weighted by atomic mass is 32.2. The van der Waals surface area contributed by atoms with Gasteiger partial charge >= 0.3 is 5.97 Å². The average Bonchev–Trinajstić information content (AvgIpc) is 2.11. The first kappa shape index (κ1) is 10.8. The maximum absolute atomic E-state index is 11.2. The van der Waals surface area contributed by atoms with Gasteiger partial charge in [-0.2, -0.15) is 0 Å². The summed E-state index contributed by atoms with van der Waals surface area (Å²) < 4.78 is 1.44. The topological polar surface area (TPSA) is 59.3 Å². The van der Waals surface area contributed by atoms with Crippen LogP contribution in [0, 0.1) is 0 Å². The largest absolute Gasteiger partial charge is 0.480 e. The third kappa shape index (κ3) is 2.63. The van der Waals surface area contributed by atoms with Gasteiger partial charge in [0.2, 0.25) is 0 Å². The van der Waals surface area contributed by atoms with Gasteiger partial charge in [0.25, 0.3) is 5.56 Å². The summed E-state index contributed by atoms with van der Waals surface area (Å²) >= 11 is 1.16. The highest BCUT2D eigenvalue weighted by Crippen LogP contribution is 2.21. The lowest BCUT2D eigenvalue weighted by atomic mass is 10.5. The van der Waals surface area contributed by atoms with E-state index in [-0.39, 0.29) is 5.56 Å². The Morgan fingerprint density at radius 3 is 2.79 bits per heavy atom. The molecule has 1 atom stereocenters. The molecule has 0 saturated heterocycles. The Hall–Kier alpha value is -1.23. The molecule has 1 heterocycles. The molecule has 0 spiro atoms. The number of carbonyl (C=O) groups is 1. The maximum Gasteiger partial charge on any atom is 0.316 e. The van der Waals surface area contributed by atoms with Crippen molar-refractivity contribution in [3.8, 4) is 0 Å². The van der Waals surface area contributed by atoms with E-state index in [2.05, 4.69) is 0 Å². The molecule has 4 nitrogen and oxygen atoms in total. The summed E-state index contributed by atoms with van der Waals surface area (Å²) in [6, 6.07) is 3.16. The second kappa shape index (κ2) is 4.32. The number of pyridine rings is 1. The Morgan fingerprint density at radius 2 is 2.29 bits per heavy atom. The molecule has 0 bridgehead atoms. The summed E-state index contributed by atoms with van der Waals surface area (Å²) in [5.74, 6) is -0.879. The minimum absolute atomic E-state index is 0.132. The third-order valence-corrected chi connectivity index (χ3v) is 2.82. The van der Waals surface area contributed by atoms with Crippen molar-refractivity contribution in [3.05, 3.63) is 28.7 Å². The molecule has 0 saturated carbocycles. The lowest BCUT2D eigenvalue weighted by Crippen LogP contribution is -2.16. The van der Waals surface area contributed by atoms with Crippen molar-refractivity contribution >= 4 is 17.7 Å². The van der Waals surface area contributed by atoms with Crippen LogP contribution in [0.4, 0.5) is 0 Å². The van der Waals surface area contributed by atoms with Gasteiger partial charge < -0.3 is 9.67 Å². The van der Waals surface area contributed by atoms with Crippen LogP contribution in [0.1, 0.15) is 6.92 Å². The van der Waals surface area contributed by atoms with Gasteiger partial charge in [0.05, 0.1) is 0 Å². The number of hydrogen-bond donors (Lipinski definition) is 1. The van der Waals surface area contributed by atoms with E-state index in [1.807, 2.05) is 0 Å². The van der Waals surface area contributed by atoms with Crippen LogP contribution < -0.4 is 5.56 Å². The van der Waals surface area contributed by atoms with Gasteiger partial charge in [-0.3, -0.25) is 9.59 Å². The molecular formula is C9H11NO3S. The van der Waals surface area contributed by atoms with Crippen molar-refractivity contribution < 1.29 is 9.90 Å². The molecule has 0 fully saturated rings. The van der Waals surface area contributed by atoms with Gasteiger partial charge in [-0.15, -0.1) is 11.8 Å². The first-order valence-electron chi connectivity index (χ1n) is 4.07. The van der Waals surface area contributed by atoms with E-state index in [1.54, 1.807) is 26.2 Å². The molecule has 0 radical (unpaired) electrons. The Bertz CT molecular complexity index is 399. The van der Waals surface area contributed by atoms with E-state index >= 15 is 0 Å². The van der Waals surface area contributed by atoms with Gasteiger partial charge in [-0.25, -0.2) is 0 Å². The molecule has 0 amide bonds. The number of aliphatic carboxylic acids is 1. The molecule has 0 aromatic carbocycles. The quantitative estimate of drug-likeness (QED) is 0.759. The predicted molar refractivity (Wildman–Crippen MR) is 54.6 cm³/mol. The molecule has 1 aromatic heterocycles. The van der Waals surface area contributed by atoms with Crippen LogP contribution in [0.3, 0.4) is 0 Å². The fourth-order valence-corrected chi connectivity index (χ4v) is 1.68. The van der Waals surface area contributed by atoms with Crippen molar-refractivity contribution in [1.82, 2.24) is 4.57 Å². The van der Waals surface area contributed by atoms with Crippen LogP contribution in [0.2, 0.25) is 0 Å². The summed E-state index contributed by atoms with van der Waals surface area (Å²) in [6.07, 6.45) is 1.62. The van der Waals surface area contributed by atoms with Gasteiger partial charge in [0.15, 0.2) is 0 Å². The molecule has 1 unspecified atom stereocenters. The van der Waals surface area contributed by atoms with Crippen molar-refractivity contribution in [2.45, 2.75) is 17.1 Å². The zero-order valence-electron chi connectivity index (χ0n) is 7.93. The summed E-state index contributed by atoms with van der Waals surface area (Å²) in [6.45, 7) is 1.59. The Morgan fingerprint density at radius 1 is 1.64 bits per heavy atom. The van der Waals surface area contributed by atoms with Crippen molar-refractivity contribution in [3.63, 3.8) is 0 Å². The number of aryl methyl sites for hydroxylation is 1. The Balaban J connectivity index is 2.83. The first-order chi connectivity index (χ1) is 6.50. The number of thioether (sulfide) groups is 1. The highest BCUT2D eigenvalue weighted by molar-refractivity contribution is 8.00. The zero-order valence-corrected chi connectivity index (χ0v) is 8.75. The van der Waals surface area contributed by atoms with Crippen molar-refractivity contribution in [1.29, 1.82) is 0 Å². The van der Waals surface area contributed by atoms with Crippen molar-refractivity contribution in [2.24, 2.45) is 7.05 Å². The summed E-state index contributed by atoms with van der Waals surface area (Å²) in [7, 11) is 1.65. The van der Waals surface area contributed by atoms with Gasteiger partial charge in [0.1, 0.15) is 5.25 Å². The van der Waals surface area contributed by atoms with Gasteiger partial charge in [-0.05, 0) is 13.0 Å². The second-order valence-electron chi connectivity index (χ2n) is 2.91. The number of aromatic nitrogens is 1. The zero-order chi connectivity index (χ0) is 10.7. The first-order valence-corrected chi connectivity index (χ1v) is 4.95. The number of nitrogens with zero attached hydrogens (tertiary/aromatic N) is 1. The van der Waals surface area contributed by atoms with Crippen LogP contribution in [-0.2, 0) is 11.8 Å². The summed E-state index contributed by atoms with van der Waals surface area (Å²) in [5.41, 5.74) is -0.132. The minimum Gasteiger partial charge on any atom is -0.480 e. The smallest absolute Gasteiger partial charge is 0.316 e. The van der Waals surface area contributed by atoms with E-state index in [9.17, 15) is 9.59 Å². The molecule has 0 aliphatic carbocycles. The fraction of sp³-hybridized carbons (Fsp3) is 0.333. The molecule has 1 N–H and O–H groups in total. The van der Waals surface area contributed by atoms with Crippen LogP contribution in [0.5, 0.6) is 0 Å². The number of carboxylic acid groups (broad SMARTS) is 1.